The Labute approximate surface area is 94.9 Å². The van der Waals surface area contributed by atoms with Gasteiger partial charge in [0, 0.05) is 12.1 Å². The van der Waals surface area contributed by atoms with Crippen molar-refractivity contribution in [3.05, 3.63) is 22.7 Å². The van der Waals surface area contributed by atoms with Crippen molar-refractivity contribution < 1.29 is 4.74 Å². The molecule has 1 rings (SSSR count). The highest BCUT2D eigenvalue weighted by Crippen LogP contribution is 2.32. The first-order valence-electron chi connectivity index (χ1n) is 4.59. The highest BCUT2D eigenvalue weighted by Gasteiger charge is 2.10. The van der Waals surface area contributed by atoms with Crippen molar-refractivity contribution >= 4 is 17.3 Å². The highest BCUT2D eigenvalue weighted by molar-refractivity contribution is 6.31. The molecular weight excluding hydrogens is 214 g/mol. The van der Waals surface area contributed by atoms with Crippen LogP contribution < -0.4 is 20.9 Å². The van der Waals surface area contributed by atoms with Crippen LogP contribution in [0.2, 0.25) is 5.02 Å². The summed E-state index contributed by atoms with van der Waals surface area (Å²) in [7, 11) is 3.54. The Morgan fingerprint density at radius 2 is 2.20 bits per heavy atom. The molecule has 0 saturated heterocycles. The lowest BCUT2D eigenvalue weighted by Gasteiger charge is -2.21. The number of halogens is 1. The van der Waals surface area contributed by atoms with Gasteiger partial charge in [0.25, 0.3) is 0 Å². The minimum absolute atomic E-state index is 0.524. The smallest absolute Gasteiger partial charge is 0.142 e. The molecule has 0 aliphatic heterocycles. The number of hydrazine groups is 1. The molecule has 0 heterocycles. The molecule has 3 N–H and O–H groups in total. The van der Waals surface area contributed by atoms with Crippen LogP contribution in [0.3, 0.4) is 0 Å². The van der Waals surface area contributed by atoms with E-state index in [1.54, 1.807) is 7.11 Å². The van der Waals surface area contributed by atoms with E-state index >= 15 is 0 Å². The Balaban J connectivity index is 3.09. The van der Waals surface area contributed by atoms with Crippen LogP contribution in [0, 0.1) is 6.92 Å². The Bertz CT molecular complexity index is 344. The molecule has 0 spiro atoms. The molecule has 84 valence electrons. The number of rotatable bonds is 4. The third kappa shape index (κ3) is 2.75. The third-order valence-electron chi connectivity index (χ3n) is 2.20. The van der Waals surface area contributed by atoms with Crippen molar-refractivity contribution in [3.8, 4) is 5.75 Å². The van der Waals surface area contributed by atoms with Crippen molar-refractivity contribution in [2.24, 2.45) is 5.84 Å². The van der Waals surface area contributed by atoms with Gasteiger partial charge >= 0.3 is 0 Å². The van der Waals surface area contributed by atoms with Gasteiger partial charge in [0.1, 0.15) is 5.75 Å². The summed E-state index contributed by atoms with van der Waals surface area (Å²) in [6.07, 6.45) is 0. The van der Waals surface area contributed by atoms with Gasteiger partial charge in [-0.25, -0.2) is 5.43 Å². The molecule has 0 aromatic heterocycles. The summed E-state index contributed by atoms with van der Waals surface area (Å²) in [4.78, 5) is 1.92. The molecule has 0 fully saturated rings. The first-order chi connectivity index (χ1) is 7.10. The van der Waals surface area contributed by atoms with E-state index in [0.29, 0.717) is 6.67 Å². The lowest BCUT2D eigenvalue weighted by molar-refractivity contribution is 0.414. The maximum absolute atomic E-state index is 6.05. The first kappa shape index (κ1) is 12.1. The minimum Gasteiger partial charge on any atom is -0.495 e. The summed E-state index contributed by atoms with van der Waals surface area (Å²) in [5.74, 6) is 6.05. The van der Waals surface area contributed by atoms with E-state index < -0.39 is 0 Å². The van der Waals surface area contributed by atoms with Crippen molar-refractivity contribution in [2.75, 3.05) is 25.7 Å². The molecule has 1 aromatic rings. The maximum Gasteiger partial charge on any atom is 0.142 e. The number of ether oxygens (including phenoxy) is 1. The van der Waals surface area contributed by atoms with E-state index in [2.05, 4.69) is 5.43 Å². The standard InChI is InChI=1S/C10H16ClN3O/c1-7-4-10(15-3)9(5-8(7)11)14(2)6-13-12/h4-5,13H,6,12H2,1-3H3. The fourth-order valence-corrected chi connectivity index (χ4v) is 1.49. The Morgan fingerprint density at radius 1 is 1.53 bits per heavy atom. The fraction of sp³-hybridized carbons (Fsp3) is 0.400. The molecule has 0 aliphatic rings. The normalized spacial score (nSPS) is 10.2. The van der Waals surface area contributed by atoms with Crippen LogP contribution >= 0.6 is 11.6 Å². The van der Waals surface area contributed by atoms with Crippen molar-refractivity contribution in [1.82, 2.24) is 5.43 Å². The minimum atomic E-state index is 0.524. The van der Waals surface area contributed by atoms with E-state index in [1.807, 2.05) is 31.0 Å². The Hall–Kier alpha value is -0.970. The van der Waals surface area contributed by atoms with Crippen LogP contribution in [0.15, 0.2) is 12.1 Å². The number of nitrogens with two attached hydrogens (primary N) is 1. The summed E-state index contributed by atoms with van der Waals surface area (Å²) in [5.41, 5.74) is 4.48. The highest BCUT2D eigenvalue weighted by atomic mass is 35.5. The zero-order valence-corrected chi connectivity index (χ0v) is 9.93. The van der Waals surface area contributed by atoms with Gasteiger partial charge in [0.05, 0.1) is 19.5 Å². The number of nitrogens with one attached hydrogen (secondary N) is 1. The predicted molar refractivity (Wildman–Crippen MR) is 63.3 cm³/mol. The van der Waals surface area contributed by atoms with Crippen LogP contribution in [0.4, 0.5) is 5.69 Å². The van der Waals surface area contributed by atoms with Gasteiger partial charge in [-0.05, 0) is 24.6 Å². The number of aryl methyl sites for hydroxylation is 1. The molecule has 4 nitrogen and oxygen atoms in total. The second kappa shape index (κ2) is 5.21. The Kier molecular flexibility index (Phi) is 4.20. The van der Waals surface area contributed by atoms with Crippen molar-refractivity contribution in [3.63, 3.8) is 0 Å². The summed E-state index contributed by atoms with van der Waals surface area (Å²) in [6, 6.07) is 3.78. The lowest BCUT2D eigenvalue weighted by atomic mass is 10.2. The van der Waals surface area contributed by atoms with E-state index in [9.17, 15) is 0 Å². The molecular formula is C10H16ClN3O. The monoisotopic (exact) mass is 229 g/mol. The van der Waals surface area contributed by atoms with Gasteiger partial charge < -0.3 is 9.64 Å². The summed E-state index contributed by atoms with van der Waals surface area (Å²) >= 11 is 6.05. The number of nitrogens with zero attached hydrogens (tertiary/aromatic N) is 1. The largest absolute Gasteiger partial charge is 0.495 e. The molecule has 0 saturated carbocycles. The summed E-state index contributed by atoms with van der Waals surface area (Å²) in [5, 5.41) is 0.717. The third-order valence-corrected chi connectivity index (χ3v) is 2.61. The zero-order chi connectivity index (χ0) is 11.4. The lowest BCUT2D eigenvalue weighted by Crippen LogP contribution is -2.35. The maximum atomic E-state index is 6.05. The Morgan fingerprint density at radius 3 is 2.73 bits per heavy atom. The molecule has 0 amide bonds. The second-order valence-corrected chi connectivity index (χ2v) is 3.74. The van der Waals surface area contributed by atoms with E-state index in [4.69, 9.17) is 22.2 Å². The van der Waals surface area contributed by atoms with Gasteiger partial charge in [-0.3, -0.25) is 5.84 Å². The molecule has 0 aliphatic carbocycles. The van der Waals surface area contributed by atoms with Gasteiger partial charge in [-0.2, -0.15) is 0 Å². The predicted octanol–water partition coefficient (Wildman–Crippen LogP) is 1.51. The molecule has 0 unspecified atom stereocenters. The fourth-order valence-electron chi connectivity index (χ4n) is 1.33. The number of benzene rings is 1. The molecule has 0 atom stereocenters. The molecule has 15 heavy (non-hydrogen) atoms. The SMILES string of the molecule is COc1cc(C)c(Cl)cc1N(C)CNN. The van der Waals surface area contributed by atoms with Crippen LogP contribution in [-0.4, -0.2) is 20.8 Å². The molecule has 0 bridgehead atoms. The molecule has 0 radical (unpaired) electrons. The van der Waals surface area contributed by atoms with Gasteiger partial charge in [0.2, 0.25) is 0 Å². The molecule has 5 heteroatoms. The van der Waals surface area contributed by atoms with E-state index in [1.165, 1.54) is 0 Å². The van der Waals surface area contributed by atoms with Gasteiger partial charge in [0.15, 0.2) is 0 Å². The molecule has 1 aromatic carbocycles. The van der Waals surface area contributed by atoms with Crippen LogP contribution in [0.1, 0.15) is 5.56 Å². The first-order valence-corrected chi connectivity index (χ1v) is 4.96. The number of anilines is 1. The summed E-state index contributed by atoms with van der Waals surface area (Å²) < 4.78 is 5.28. The number of hydrogen-bond acceptors (Lipinski definition) is 4. The van der Waals surface area contributed by atoms with E-state index in [0.717, 1.165) is 22.0 Å². The topological polar surface area (TPSA) is 50.5 Å². The van der Waals surface area contributed by atoms with E-state index in [-0.39, 0.29) is 0 Å². The van der Waals surface area contributed by atoms with Crippen LogP contribution in [0.5, 0.6) is 5.75 Å². The average molecular weight is 230 g/mol. The number of hydrogen-bond donors (Lipinski definition) is 2. The van der Waals surface area contributed by atoms with Crippen molar-refractivity contribution in [1.29, 1.82) is 0 Å². The average Bonchev–Trinajstić information content (AvgIpc) is 2.21. The van der Waals surface area contributed by atoms with Crippen molar-refractivity contribution in [2.45, 2.75) is 6.92 Å². The quantitative estimate of drug-likeness (QED) is 0.467. The second-order valence-electron chi connectivity index (χ2n) is 3.33. The van der Waals surface area contributed by atoms with Crippen LogP contribution in [-0.2, 0) is 0 Å². The zero-order valence-electron chi connectivity index (χ0n) is 9.17. The summed E-state index contributed by atoms with van der Waals surface area (Å²) in [6.45, 7) is 2.46. The van der Waals surface area contributed by atoms with Gasteiger partial charge in [-0.15, -0.1) is 0 Å². The van der Waals surface area contributed by atoms with Crippen LogP contribution in [0.25, 0.3) is 0 Å². The number of methoxy groups -OCH3 is 1. The van der Waals surface area contributed by atoms with Gasteiger partial charge in [-0.1, -0.05) is 11.6 Å².